The van der Waals surface area contributed by atoms with Gasteiger partial charge in [0.15, 0.2) is 0 Å². The predicted octanol–water partition coefficient (Wildman–Crippen LogP) is 2.96. The zero-order valence-electron chi connectivity index (χ0n) is 13.2. The van der Waals surface area contributed by atoms with Crippen molar-refractivity contribution in [1.29, 1.82) is 0 Å². The Labute approximate surface area is 140 Å². The van der Waals surface area contributed by atoms with Crippen LogP contribution in [0.5, 0.6) is 5.75 Å². The van der Waals surface area contributed by atoms with Crippen LogP contribution >= 0.6 is 11.8 Å². The van der Waals surface area contributed by atoms with Crippen LogP contribution in [-0.4, -0.2) is 33.6 Å². The molecule has 1 fully saturated rings. The fourth-order valence-electron chi connectivity index (χ4n) is 2.60. The Kier molecular flexibility index (Phi) is 4.81. The molecule has 0 N–H and O–H groups in total. The molecule has 0 bridgehead atoms. The number of aromatic nitrogens is 2. The van der Waals surface area contributed by atoms with Crippen LogP contribution in [0, 0.1) is 6.92 Å². The summed E-state index contributed by atoms with van der Waals surface area (Å²) in [4.78, 5) is 23.0. The van der Waals surface area contributed by atoms with Crippen molar-refractivity contribution in [3.8, 4) is 5.75 Å². The second-order valence-electron chi connectivity index (χ2n) is 5.39. The molecular weight excluding hydrogens is 310 g/mol. The number of ether oxygens (including phenoxy) is 1. The average Bonchev–Trinajstić information content (AvgIpc) is 2.58. The molecule has 1 aliphatic heterocycles. The van der Waals surface area contributed by atoms with Gasteiger partial charge in [-0.25, -0.2) is 0 Å². The number of carbonyl (C=O) groups excluding carboxylic acids is 1. The van der Waals surface area contributed by atoms with Crippen molar-refractivity contribution in [3.05, 3.63) is 53.6 Å². The highest BCUT2D eigenvalue weighted by atomic mass is 32.2. The molecule has 1 amide bonds. The first-order valence-electron chi connectivity index (χ1n) is 7.50. The summed E-state index contributed by atoms with van der Waals surface area (Å²) in [6.45, 7) is 2.36. The van der Waals surface area contributed by atoms with E-state index < -0.39 is 0 Å². The molecule has 120 valence electrons. The third-order valence-corrected chi connectivity index (χ3v) is 5.03. The van der Waals surface area contributed by atoms with Crippen molar-refractivity contribution in [2.24, 2.45) is 0 Å². The van der Waals surface area contributed by atoms with E-state index in [4.69, 9.17) is 4.74 Å². The van der Waals surface area contributed by atoms with Gasteiger partial charge in [-0.05, 0) is 13.0 Å². The summed E-state index contributed by atoms with van der Waals surface area (Å²) in [6, 6.07) is 7.86. The summed E-state index contributed by atoms with van der Waals surface area (Å²) >= 11 is 1.76. The molecule has 23 heavy (non-hydrogen) atoms. The van der Waals surface area contributed by atoms with Crippen molar-refractivity contribution < 1.29 is 9.53 Å². The molecule has 2 heterocycles. The third kappa shape index (κ3) is 3.47. The van der Waals surface area contributed by atoms with Gasteiger partial charge in [-0.1, -0.05) is 18.2 Å². The number of amides is 1. The van der Waals surface area contributed by atoms with Crippen LogP contribution in [0.25, 0.3) is 0 Å². The highest BCUT2D eigenvalue weighted by Gasteiger charge is 2.31. The van der Waals surface area contributed by atoms with E-state index in [0.29, 0.717) is 13.0 Å². The van der Waals surface area contributed by atoms with Crippen molar-refractivity contribution in [3.63, 3.8) is 0 Å². The van der Waals surface area contributed by atoms with Gasteiger partial charge in [-0.3, -0.25) is 14.8 Å². The predicted molar refractivity (Wildman–Crippen MR) is 90.1 cm³/mol. The Bertz CT molecular complexity index is 690. The number of thioether (sulfide) groups is 1. The number of benzene rings is 1. The number of aryl methyl sites for hydroxylation is 1. The summed E-state index contributed by atoms with van der Waals surface area (Å²) in [5, 5.41) is -0.0597. The standard InChI is InChI=1S/C17H19N3O2S/c1-12-9-19-13(10-18-12)11-20-16(21)7-8-23-17(20)14-5-3-4-6-15(14)22-2/h3-6,9-10,17H,7-8,11H2,1-2H3. The van der Waals surface area contributed by atoms with Gasteiger partial charge in [0.05, 0.1) is 31.2 Å². The lowest BCUT2D eigenvalue weighted by Crippen LogP contribution is -2.37. The van der Waals surface area contributed by atoms with Crippen LogP contribution < -0.4 is 4.74 Å². The quantitative estimate of drug-likeness (QED) is 0.863. The van der Waals surface area contributed by atoms with Gasteiger partial charge >= 0.3 is 0 Å². The molecule has 2 aromatic rings. The number of carbonyl (C=O) groups is 1. The van der Waals surface area contributed by atoms with Gasteiger partial charge in [-0.15, -0.1) is 11.8 Å². The van der Waals surface area contributed by atoms with Gasteiger partial charge in [0.2, 0.25) is 5.91 Å². The zero-order valence-corrected chi connectivity index (χ0v) is 14.0. The minimum atomic E-state index is -0.0597. The summed E-state index contributed by atoms with van der Waals surface area (Å²) < 4.78 is 5.47. The minimum absolute atomic E-state index is 0.0597. The van der Waals surface area contributed by atoms with Crippen LogP contribution in [0.4, 0.5) is 0 Å². The first-order chi connectivity index (χ1) is 11.2. The fraction of sp³-hybridized carbons (Fsp3) is 0.353. The fourth-order valence-corrected chi connectivity index (χ4v) is 3.86. The summed E-state index contributed by atoms with van der Waals surface area (Å²) in [7, 11) is 1.66. The Hall–Kier alpha value is -2.08. The van der Waals surface area contributed by atoms with E-state index >= 15 is 0 Å². The van der Waals surface area contributed by atoms with E-state index in [0.717, 1.165) is 28.5 Å². The first-order valence-corrected chi connectivity index (χ1v) is 8.55. The SMILES string of the molecule is COc1ccccc1C1SCCC(=O)N1Cc1cnc(C)cn1. The van der Waals surface area contributed by atoms with Gasteiger partial charge < -0.3 is 9.64 Å². The number of para-hydroxylation sites is 1. The lowest BCUT2D eigenvalue weighted by molar-refractivity contribution is -0.132. The third-order valence-electron chi connectivity index (χ3n) is 3.77. The Morgan fingerprint density at radius 3 is 2.87 bits per heavy atom. The van der Waals surface area contributed by atoms with Crippen molar-refractivity contribution in [2.75, 3.05) is 12.9 Å². The number of rotatable bonds is 4. The molecule has 5 nitrogen and oxygen atoms in total. The first kappa shape index (κ1) is 15.8. The van der Waals surface area contributed by atoms with E-state index in [1.807, 2.05) is 36.1 Å². The van der Waals surface area contributed by atoms with Crippen LogP contribution in [-0.2, 0) is 11.3 Å². The van der Waals surface area contributed by atoms with Gasteiger partial charge in [0, 0.05) is 23.9 Å². The summed E-state index contributed by atoms with van der Waals surface area (Å²) in [5.41, 5.74) is 2.69. The average molecular weight is 329 g/mol. The van der Waals surface area contributed by atoms with E-state index in [9.17, 15) is 4.79 Å². The van der Waals surface area contributed by atoms with Gasteiger partial charge in [-0.2, -0.15) is 0 Å². The van der Waals surface area contributed by atoms with Crippen LogP contribution in [0.2, 0.25) is 0 Å². The second-order valence-corrected chi connectivity index (χ2v) is 6.57. The molecule has 0 spiro atoms. The molecule has 3 rings (SSSR count). The summed E-state index contributed by atoms with van der Waals surface area (Å²) in [5.74, 6) is 1.76. The molecule has 1 atom stereocenters. The number of methoxy groups -OCH3 is 1. The van der Waals surface area contributed by atoms with Crippen LogP contribution in [0.3, 0.4) is 0 Å². The molecule has 0 saturated carbocycles. The van der Waals surface area contributed by atoms with Gasteiger partial charge in [0.25, 0.3) is 0 Å². The topological polar surface area (TPSA) is 55.3 Å². The van der Waals surface area contributed by atoms with Crippen molar-refractivity contribution in [1.82, 2.24) is 14.9 Å². The molecule has 1 aromatic heterocycles. The van der Waals surface area contributed by atoms with E-state index in [-0.39, 0.29) is 11.3 Å². The van der Waals surface area contributed by atoms with E-state index in [2.05, 4.69) is 9.97 Å². The zero-order chi connectivity index (χ0) is 16.2. The van der Waals surface area contributed by atoms with Crippen molar-refractivity contribution in [2.45, 2.75) is 25.3 Å². The highest BCUT2D eigenvalue weighted by molar-refractivity contribution is 7.99. The molecule has 0 radical (unpaired) electrons. The number of hydrogen-bond donors (Lipinski definition) is 0. The smallest absolute Gasteiger partial charge is 0.224 e. The highest BCUT2D eigenvalue weighted by Crippen LogP contribution is 2.41. The molecule has 1 aromatic carbocycles. The number of nitrogens with zero attached hydrogens (tertiary/aromatic N) is 3. The lowest BCUT2D eigenvalue weighted by atomic mass is 10.1. The van der Waals surface area contributed by atoms with Crippen LogP contribution in [0.15, 0.2) is 36.7 Å². The largest absolute Gasteiger partial charge is 0.496 e. The normalized spacial score (nSPS) is 18.1. The molecule has 1 aliphatic rings. The summed E-state index contributed by atoms with van der Waals surface area (Å²) in [6.07, 6.45) is 4.02. The Morgan fingerprint density at radius 2 is 2.13 bits per heavy atom. The van der Waals surface area contributed by atoms with Crippen LogP contribution in [0.1, 0.15) is 28.7 Å². The monoisotopic (exact) mass is 329 g/mol. The maximum atomic E-state index is 12.5. The van der Waals surface area contributed by atoms with Gasteiger partial charge in [0.1, 0.15) is 11.1 Å². The van der Waals surface area contributed by atoms with E-state index in [1.165, 1.54) is 0 Å². The molecule has 1 saturated heterocycles. The molecular formula is C17H19N3O2S. The minimum Gasteiger partial charge on any atom is -0.496 e. The molecule has 6 heteroatoms. The maximum absolute atomic E-state index is 12.5. The molecule has 1 unspecified atom stereocenters. The second kappa shape index (κ2) is 7.00. The Morgan fingerprint density at radius 1 is 1.30 bits per heavy atom. The lowest BCUT2D eigenvalue weighted by Gasteiger charge is -2.35. The van der Waals surface area contributed by atoms with Crippen molar-refractivity contribution >= 4 is 17.7 Å². The Balaban J connectivity index is 1.90. The molecule has 0 aliphatic carbocycles. The maximum Gasteiger partial charge on any atom is 0.224 e. The number of hydrogen-bond acceptors (Lipinski definition) is 5. The van der Waals surface area contributed by atoms with E-state index in [1.54, 1.807) is 31.3 Å².